The van der Waals surface area contributed by atoms with E-state index < -0.39 is 0 Å². The number of ether oxygens (including phenoxy) is 2. The maximum atomic E-state index is 6.20. The van der Waals surface area contributed by atoms with Crippen molar-refractivity contribution in [3.63, 3.8) is 0 Å². The lowest BCUT2D eigenvalue weighted by atomic mass is 10.1. The van der Waals surface area contributed by atoms with Gasteiger partial charge in [-0.2, -0.15) is 0 Å². The molecular formula is C14H17ClN2O2S. The van der Waals surface area contributed by atoms with Gasteiger partial charge in [-0.05, 0) is 24.1 Å². The number of rotatable bonds is 8. The quantitative estimate of drug-likeness (QED) is 0.758. The summed E-state index contributed by atoms with van der Waals surface area (Å²) in [7, 11) is 1.68. The Labute approximate surface area is 127 Å². The Balaban J connectivity index is 1.76. The molecular weight excluding hydrogens is 296 g/mol. The van der Waals surface area contributed by atoms with Gasteiger partial charge < -0.3 is 14.8 Å². The molecule has 0 fully saturated rings. The Hall–Kier alpha value is -1.30. The molecule has 0 saturated heterocycles. The molecule has 108 valence electrons. The van der Waals surface area contributed by atoms with Gasteiger partial charge in [-0.25, -0.2) is 4.98 Å². The summed E-state index contributed by atoms with van der Waals surface area (Å²) in [5, 5.41) is 6.73. The second-order valence-corrected chi connectivity index (χ2v) is 5.41. The van der Waals surface area contributed by atoms with E-state index in [4.69, 9.17) is 21.1 Å². The van der Waals surface area contributed by atoms with E-state index in [1.54, 1.807) is 24.6 Å². The van der Waals surface area contributed by atoms with E-state index in [0.29, 0.717) is 24.8 Å². The fraction of sp³-hybridized carbons (Fsp3) is 0.357. The minimum Gasteiger partial charge on any atom is -0.492 e. The molecule has 0 amide bonds. The Kier molecular flexibility index (Phi) is 6.11. The van der Waals surface area contributed by atoms with Crippen LogP contribution in [0, 0.1) is 0 Å². The molecule has 0 aliphatic carbocycles. The first-order valence-electron chi connectivity index (χ1n) is 6.33. The van der Waals surface area contributed by atoms with Crippen LogP contribution in [0.3, 0.4) is 0 Å². The van der Waals surface area contributed by atoms with E-state index in [0.717, 1.165) is 22.9 Å². The first kappa shape index (κ1) is 15.1. The largest absolute Gasteiger partial charge is 0.492 e. The summed E-state index contributed by atoms with van der Waals surface area (Å²) in [6, 6.07) is 5.75. The van der Waals surface area contributed by atoms with Crippen LogP contribution in [0.25, 0.3) is 0 Å². The third kappa shape index (κ3) is 4.67. The molecule has 0 atom stereocenters. The van der Waals surface area contributed by atoms with Crippen molar-refractivity contribution in [1.82, 2.24) is 4.98 Å². The van der Waals surface area contributed by atoms with Crippen molar-refractivity contribution < 1.29 is 9.47 Å². The Morgan fingerprint density at radius 3 is 2.95 bits per heavy atom. The van der Waals surface area contributed by atoms with Gasteiger partial charge in [0.05, 0.1) is 13.2 Å². The molecule has 0 unspecified atom stereocenters. The van der Waals surface area contributed by atoms with Gasteiger partial charge in [-0.15, -0.1) is 11.3 Å². The zero-order valence-electron chi connectivity index (χ0n) is 11.3. The normalized spacial score (nSPS) is 10.5. The first-order valence-corrected chi connectivity index (χ1v) is 7.59. The molecule has 1 aromatic heterocycles. The number of thiazole rings is 1. The third-order valence-corrected chi connectivity index (χ3v) is 3.76. The SMILES string of the molecule is COCCc1ccc(OCCNc2nccs2)cc1Cl. The van der Waals surface area contributed by atoms with E-state index in [1.807, 2.05) is 23.6 Å². The molecule has 0 spiro atoms. The number of anilines is 1. The summed E-state index contributed by atoms with van der Waals surface area (Å²) < 4.78 is 10.7. The fourth-order valence-corrected chi connectivity index (χ4v) is 2.49. The van der Waals surface area contributed by atoms with E-state index in [-0.39, 0.29) is 0 Å². The zero-order chi connectivity index (χ0) is 14.2. The summed E-state index contributed by atoms with van der Waals surface area (Å²) in [6.45, 7) is 1.93. The number of halogens is 1. The molecule has 0 aliphatic rings. The summed E-state index contributed by atoms with van der Waals surface area (Å²) in [6.07, 6.45) is 2.58. The number of aromatic nitrogens is 1. The van der Waals surface area contributed by atoms with Crippen molar-refractivity contribution in [1.29, 1.82) is 0 Å². The van der Waals surface area contributed by atoms with Gasteiger partial charge in [0.2, 0.25) is 0 Å². The molecule has 4 nitrogen and oxygen atoms in total. The monoisotopic (exact) mass is 312 g/mol. The van der Waals surface area contributed by atoms with E-state index >= 15 is 0 Å². The van der Waals surface area contributed by atoms with Gasteiger partial charge >= 0.3 is 0 Å². The van der Waals surface area contributed by atoms with Gasteiger partial charge in [0.1, 0.15) is 12.4 Å². The second kappa shape index (κ2) is 8.09. The van der Waals surface area contributed by atoms with Crippen LogP contribution < -0.4 is 10.1 Å². The maximum Gasteiger partial charge on any atom is 0.182 e. The highest BCUT2D eigenvalue weighted by Crippen LogP contribution is 2.23. The van der Waals surface area contributed by atoms with Gasteiger partial charge in [0.25, 0.3) is 0 Å². The van der Waals surface area contributed by atoms with E-state index in [2.05, 4.69) is 10.3 Å². The van der Waals surface area contributed by atoms with Crippen LogP contribution in [0.15, 0.2) is 29.8 Å². The summed E-state index contributed by atoms with van der Waals surface area (Å²) in [4.78, 5) is 4.13. The lowest BCUT2D eigenvalue weighted by Crippen LogP contribution is -2.11. The van der Waals surface area contributed by atoms with Crippen LogP contribution >= 0.6 is 22.9 Å². The van der Waals surface area contributed by atoms with Crippen LogP contribution in [0.5, 0.6) is 5.75 Å². The van der Waals surface area contributed by atoms with Gasteiger partial charge in [0, 0.05) is 23.7 Å². The second-order valence-electron chi connectivity index (χ2n) is 4.11. The molecule has 0 saturated carbocycles. The average molecular weight is 313 g/mol. The molecule has 6 heteroatoms. The van der Waals surface area contributed by atoms with Crippen molar-refractivity contribution >= 4 is 28.1 Å². The van der Waals surface area contributed by atoms with E-state index in [9.17, 15) is 0 Å². The van der Waals surface area contributed by atoms with Gasteiger partial charge in [-0.1, -0.05) is 17.7 Å². The average Bonchev–Trinajstić information content (AvgIpc) is 2.96. The molecule has 0 radical (unpaired) electrons. The zero-order valence-corrected chi connectivity index (χ0v) is 12.8. The highest BCUT2D eigenvalue weighted by Gasteiger charge is 2.03. The van der Waals surface area contributed by atoms with Crippen molar-refractivity contribution in [3.8, 4) is 5.75 Å². The molecule has 20 heavy (non-hydrogen) atoms. The van der Waals surface area contributed by atoms with Crippen LogP contribution in [0.2, 0.25) is 5.02 Å². The van der Waals surface area contributed by atoms with Crippen LogP contribution in [0.4, 0.5) is 5.13 Å². The molecule has 1 aromatic carbocycles. The van der Waals surface area contributed by atoms with Gasteiger partial charge in [-0.3, -0.25) is 0 Å². The molecule has 1 heterocycles. The number of hydrogen-bond acceptors (Lipinski definition) is 5. The highest BCUT2D eigenvalue weighted by molar-refractivity contribution is 7.13. The number of hydrogen-bond donors (Lipinski definition) is 1. The minimum absolute atomic E-state index is 0.563. The van der Waals surface area contributed by atoms with Crippen molar-refractivity contribution in [3.05, 3.63) is 40.4 Å². The molecule has 1 N–H and O–H groups in total. The number of methoxy groups -OCH3 is 1. The number of benzene rings is 1. The van der Waals surface area contributed by atoms with Crippen LogP contribution in [-0.4, -0.2) is 31.9 Å². The number of nitrogens with one attached hydrogen (secondary N) is 1. The predicted molar refractivity (Wildman–Crippen MR) is 83.1 cm³/mol. The predicted octanol–water partition coefficient (Wildman–Crippen LogP) is 3.48. The number of nitrogens with zero attached hydrogens (tertiary/aromatic N) is 1. The third-order valence-electron chi connectivity index (χ3n) is 2.68. The first-order chi connectivity index (χ1) is 9.79. The van der Waals surface area contributed by atoms with Crippen LogP contribution in [0.1, 0.15) is 5.56 Å². The summed E-state index contributed by atoms with van der Waals surface area (Å²) >= 11 is 7.77. The van der Waals surface area contributed by atoms with Crippen LogP contribution in [-0.2, 0) is 11.2 Å². The van der Waals surface area contributed by atoms with Crippen molar-refractivity contribution in [2.75, 3.05) is 32.2 Å². The van der Waals surface area contributed by atoms with E-state index in [1.165, 1.54) is 0 Å². The molecule has 0 bridgehead atoms. The lowest BCUT2D eigenvalue weighted by molar-refractivity contribution is 0.202. The highest BCUT2D eigenvalue weighted by atomic mass is 35.5. The standard InChI is InChI=1S/C14H17ClN2O2S/c1-18-7-4-11-2-3-12(10-13(11)15)19-8-5-16-14-17-6-9-20-14/h2-3,6,9-10H,4-5,7-8H2,1H3,(H,16,17). The summed E-state index contributed by atoms with van der Waals surface area (Å²) in [5.74, 6) is 0.775. The van der Waals surface area contributed by atoms with Crippen molar-refractivity contribution in [2.24, 2.45) is 0 Å². The molecule has 2 rings (SSSR count). The smallest absolute Gasteiger partial charge is 0.182 e. The Bertz CT molecular complexity index is 520. The Morgan fingerprint density at radius 1 is 1.35 bits per heavy atom. The summed E-state index contributed by atoms with van der Waals surface area (Å²) in [5.41, 5.74) is 1.07. The fourth-order valence-electron chi connectivity index (χ4n) is 1.67. The lowest BCUT2D eigenvalue weighted by Gasteiger charge is -2.09. The minimum atomic E-state index is 0.563. The topological polar surface area (TPSA) is 43.4 Å². The molecule has 2 aromatic rings. The molecule has 0 aliphatic heterocycles. The van der Waals surface area contributed by atoms with Crippen molar-refractivity contribution in [2.45, 2.75) is 6.42 Å². The Morgan fingerprint density at radius 2 is 2.25 bits per heavy atom. The van der Waals surface area contributed by atoms with Gasteiger partial charge in [0.15, 0.2) is 5.13 Å². The maximum absolute atomic E-state index is 6.20.